The lowest BCUT2D eigenvalue weighted by Crippen LogP contribution is -2.51. The van der Waals surface area contributed by atoms with E-state index in [0.29, 0.717) is 6.04 Å². The highest BCUT2D eigenvalue weighted by atomic mass is 35.5. The van der Waals surface area contributed by atoms with Crippen molar-refractivity contribution >= 4 is 29.1 Å². The van der Waals surface area contributed by atoms with E-state index in [1.165, 1.54) is 0 Å². The molecule has 3 nitrogen and oxygen atoms in total. The molecular formula is C17H21ClN2O. The van der Waals surface area contributed by atoms with Crippen LogP contribution >= 0.6 is 12.4 Å². The molecule has 0 bridgehead atoms. The first-order valence-electron chi connectivity index (χ1n) is 7.28. The smallest absolute Gasteiger partial charge is 0.252 e. The Hall–Kier alpha value is -1.58. The number of halogens is 1. The van der Waals surface area contributed by atoms with Gasteiger partial charge in [0.1, 0.15) is 0 Å². The Labute approximate surface area is 131 Å². The molecule has 4 heteroatoms. The number of fused-ring (bicyclic) bond motifs is 1. The van der Waals surface area contributed by atoms with Gasteiger partial charge in [0.2, 0.25) is 0 Å². The topological polar surface area (TPSA) is 41.1 Å². The maximum absolute atomic E-state index is 12.5. The molecule has 1 aliphatic heterocycles. The van der Waals surface area contributed by atoms with Crippen LogP contribution in [-0.4, -0.2) is 24.5 Å². The number of rotatable bonds is 2. The number of piperidine rings is 1. The van der Waals surface area contributed by atoms with Gasteiger partial charge in [-0.3, -0.25) is 4.79 Å². The van der Waals surface area contributed by atoms with Crippen LogP contribution < -0.4 is 10.6 Å². The lowest BCUT2D eigenvalue weighted by Gasteiger charge is -2.30. The van der Waals surface area contributed by atoms with Gasteiger partial charge >= 0.3 is 0 Å². The van der Waals surface area contributed by atoms with Crippen LogP contribution in [0.4, 0.5) is 0 Å². The number of amides is 1. The Kier molecular flexibility index (Phi) is 5.21. The normalized spacial score (nSPS) is 21.6. The predicted octanol–water partition coefficient (Wildman–Crippen LogP) is 3.13. The summed E-state index contributed by atoms with van der Waals surface area (Å²) >= 11 is 0. The number of nitrogens with one attached hydrogen (secondary N) is 2. The van der Waals surface area contributed by atoms with Crippen LogP contribution in [0.15, 0.2) is 42.5 Å². The first kappa shape index (κ1) is 15.8. The molecule has 2 aromatic carbocycles. The molecule has 21 heavy (non-hydrogen) atoms. The molecule has 0 aromatic heterocycles. The van der Waals surface area contributed by atoms with Crippen LogP contribution in [0.5, 0.6) is 0 Å². The average molecular weight is 305 g/mol. The first-order valence-corrected chi connectivity index (χ1v) is 7.28. The molecule has 1 heterocycles. The zero-order valence-electron chi connectivity index (χ0n) is 12.1. The molecule has 0 saturated carbocycles. The van der Waals surface area contributed by atoms with E-state index in [0.717, 1.165) is 35.7 Å². The lowest BCUT2D eigenvalue weighted by atomic mass is 9.98. The minimum absolute atomic E-state index is 0. The Morgan fingerprint density at radius 3 is 2.76 bits per heavy atom. The lowest BCUT2D eigenvalue weighted by molar-refractivity contribution is 0.0921. The largest absolute Gasteiger partial charge is 0.348 e. The van der Waals surface area contributed by atoms with Crippen molar-refractivity contribution in [2.24, 2.45) is 0 Å². The number of hydrogen-bond acceptors (Lipinski definition) is 2. The van der Waals surface area contributed by atoms with Crippen molar-refractivity contribution in [1.82, 2.24) is 10.6 Å². The fourth-order valence-corrected chi connectivity index (χ4v) is 2.91. The van der Waals surface area contributed by atoms with Gasteiger partial charge in [-0.05, 0) is 43.1 Å². The summed E-state index contributed by atoms with van der Waals surface area (Å²) in [4.78, 5) is 12.5. The standard InChI is InChI=1S/C17H20N2O.ClH/c1-12-16(10-5-11-18-12)19-17(20)15-9-4-7-13-6-2-3-8-14(13)15;/h2-4,6-9,12,16,18H,5,10-11H2,1H3,(H,19,20);1H. The molecular weight excluding hydrogens is 284 g/mol. The Balaban J connectivity index is 0.00000161. The van der Waals surface area contributed by atoms with Crippen LogP contribution in [0, 0.1) is 0 Å². The van der Waals surface area contributed by atoms with Gasteiger partial charge < -0.3 is 10.6 Å². The molecule has 0 aliphatic carbocycles. The van der Waals surface area contributed by atoms with Crippen LogP contribution in [0.25, 0.3) is 10.8 Å². The van der Waals surface area contributed by atoms with Crippen LogP contribution in [-0.2, 0) is 0 Å². The van der Waals surface area contributed by atoms with E-state index in [1.54, 1.807) is 0 Å². The molecule has 2 N–H and O–H groups in total. The van der Waals surface area contributed by atoms with Crippen molar-refractivity contribution in [2.75, 3.05) is 6.54 Å². The Morgan fingerprint density at radius 1 is 1.19 bits per heavy atom. The molecule has 1 fully saturated rings. The highest BCUT2D eigenvalue weighted by Gasteiger charge is 2.23. The first-order chi connectivity index (χ1) is 9.75. The third kappa shape index (κ3) is 3.36. The van der Waals surface area contributed by atoms with Crippen molar-refractivity contribution in [2.45, 2.75) is 31.8 Å². The molecule has 2 atom stereocenters. The Bertz CT molecular complexity index is 624. The third-order valence-electron chi connectivity index (χ3n) is 4.11. The van der Waals surface area contributed by atoms with Gasteiger partial charge in [0.05, 0.1) is 0 Å². The van der Waals surface area contributed by atoms with Gasteiger partial charge in [0, 0.05) is 17.6 Å². The van der Waals surface area contributed by atoms with Crippen molar-refractivity contribution in [3.8, 4) is 0 Å². The molecule has 0 radical (unpaired) electrons. The minimum Gasteiger partial charge on any atom is -0.348 e. The maximum Gasteiger partial charge on any atom is 0.252 e. The highest BCUT2D eigenvalue weighted by molar-refractivity contribution is 6.07. The molecule has 0 spiro atoms. The average Bonchev–Trinajstić information content (AvgIpc) is 2.49. The highest BCUT2D eigenvalue weighted by Crippen LogP contribution is 2.19. The van der Waals surface area contributed by atoms with E-state index in [2.05, 4.69) is 17.6 Å². The second-order valence-electron chi connectivity index (χ2n) is 5.49. The number of benzene rings is 2. The van der Waals surface area contributed by atoms with Crippen LogP contribution in [0.3, 0.4) is 0 Å². The van der Waals surface area contributed by atoms with Crippen LogP contribution in [0.1, 0.15) is 30.1 Å². The molecule has 2 unspecified atom stereocenters. The van der Waals surface area contributed by atoms with E-state index in [9.17, 15) is 4.79 Å². The Morgan fingerprint density at radius 2 is 1.95 bits per heavy atom. The van der Waals surface area contributed by atoms with Crippen LogP contribution in [0.2, 0.25) is 0 Å². The third-order valence-corrected chi connectivity index (χ3v) is 4.11. The molecule has 2 aromatic rings. The summed E-state index contributed by atoms with van der Waals surface area (Å²) in [6.45, 7) is 3.18. The molecule has 1 aliphatic rings. The molecule has 1 amide bonds. The second kappa shape index (κ2) is 6.92. The minimum atomic E-state index is 0. The van der Waals surface area contributed by atoms with E-state index in [4.69, 9.17) is 0 Å². The predicted molar refractivity (Wildman–Crippen MR) is 89.1 cm³/mol. The maximum atomic E-state index is 12.5. The van der Waals surface area contributed by atoms with Gasteiger partial charge in [-0.1, -0.05) is 36.4 Å². The summed E-state index contributed by atoms with van der Waals surface area (Å²) < 4.78 is 0. The van der Waals surface area contributed by atoms with Gasteiger partial charge in [0.25, 0.3) is 5.91 Å². The molecule has 112 valence electrons. The van der Waals surface area contributed by atoms with E-state index < -0.39 is 0 Å². The number of hydrogen-bond donors (Lipinski definition) is 2. The quantitative estimate of drug-likeness (QED) is 0.895. The van der Waals surface area contributed by atoms with Gasteiger partial charge in [-0.25, -0.2) is 0 Å². The fourth-order valence-electron chi connectivity index (χ4n) is 2.91. The van der Waals surface area contributed by atoms with Gasteiger partial charge in [-0.15, -0.1) is 12.4 Å². The summed E-state index contributed by atoms with van der Waals surface area (Å²) in [5, 5.41) is 8.71. The zero-order chi connectivity index (χ0) is 13.9. The van der Waals surface area contributed by atoms with E-state index >= 15 is 0 Å². The SMILES string of the molecule is CC1NCCCC1NC(=O)c1cccc2ccccc12.Cl. The second-order valence-corrected chi connectivity index (χ2v) is 5.49. The van der Waals surface area contributed by atoms with Gasteiger partial charge in [0.15, 0.2) is 0 Å². The van der Waals surface area contributed by atoms with Crippen molar-refractivity contribution in [1.29, 1.82) is 0 Å². The summed E-state index contributed by atoms with van der Waals surface area (Å²) in [6, 6.07) is 14.5. The monoisotopic (exact) mass is 304 g/mol. The van der Waals surface area contributed by atoms with E-state index in [-0.39, 0.29) is 24.4 Å². The van der Waals surface area contributed by atoms with Crippen molar-refractivity contribution in [3.63, 3.8) is 0 Å². The van der Waals surface area contributed by atoms with Gasteiger partial charge in [-0.2, -0.15) is 0 Å². The summed E-state index contributed by atoms with van der Waals surface area (Å²) in [5.74, 6) is 0.0300. The fraction of sp³-hybridized carbons (Fsp3) is 0.353. The summed E-state index contributed by atoms with van der Waals surface area (Å²) in [6.07, 6.45) is 2.16. The van der Waals surface area contributed by atoms with E-state index in [1.807, 2.05) is 42.5 Å². The summed E-state index contributed by atoms with van der Waals surface area (Å²) in [5.41, 5.74) is 0.765. The van der Waals surface area contributed by atoms with Crippen molar-refractivity contribution in [3.05, 3.63) is 48.0 Å². The molecule has 3 rings (SSSR count). The zero-order valence-corrected chi connectivity index (χ0v) is 13.0. The molecule has 1 saturated heterocycles. The number of carbonyl (C=O) groups excluding carboxylic acids is 1. The van der Waals surface area contributed by atoms with Crippen molar-refractivity contribution < 1.29 is 4.79 Å². The summed E-state index contributed by atoms with van der Waals surface area (Å²) in [7, 11) is 0. The number of carbonyl (C=O) groups is 1.